The number of benzene rings is 1. The fourth-order valence-electron chi connectivity index (χ4n) is 2.06. The van der Waals surface area contributed by atoms with Crippen LogP contribution in [0.5, 0.6) is 0 Å². The Kier molecular flexibility index (Phi) is 4.94. The van der Waals surface area contributed by atoms with Crippen molar-refractivity contribution < 1.29 is 19.4 Å². The Bertz CT molecular complexity index is 545. The van der Waals surface area contributed by atoms with E-state index in [9.17, 15) is 9.59 Å². The predicted octanol–water partition coefficient (Wildman–Crippen LogP) is 1.49. The second-order valence-electron chi connectivity index (χ2n) is 4.77. The molecule has 0 spiro atoms. The van der Waals surface area contributed by atoms with Gasteiger partial charge in [0.25, 0.3) is 5.91 Å². The van der Waals surface area contributed by atoms with Gasteiger partial charge in [-0.25, -0.2) is 4.79 Å². The number of rotatable bonds is 4. The van der Waals surface area contributed by atoms with E-state index in [2.05, 4.69) is 10.2 Å². The van der Waals surface area contributed by atoms with Crippen LogP contribution in [0.1, 0.15) is 6.92 Å². The largest absolute Gasteiger partial charge is 0.478 e. The molecule has 0 bridgehead atoms. The van der Waals surface area contributed by atoms with Crippen molar-refractivity contribution in [2.45, 2.75) is 6.92 Å². The van der Waals surface area contributed by atoms with E-state index in [0.29, 0.717) is 5.69 Å². The van der Waals surface area contributed by atoms with Crippen molar-refractivity contribution in [1.29, 1.82) is 0 Å². The first-order chi connectivity index (χ1) is 10.1. The minimum absolute atomic E-state index is 0.153. The van der Waals surface area contributed by atoms with Gasteiger partial charge in [0.05, 0.1) is 13.2 Å². The highest BCUT2D eigenvalue weighted by atomic mass is 16.5. The molecule has 0 aliphatic carbocycles. The molecular formula is C15H18N2O4. The zero-order chi connectivity index (χ0) is 15.2. The lowest BCUT2D eigenvalue weighted by atomic mass is 10.2. The molecule has 6 heteroatoms. The number of aliphatic carboxylic acids is 1. The summed E-state index contributed by atoms with van der Waals surface area (Å²) in [5.41, 5.74) is 1.86. The molecule has 1 saturated heterocycles. The number of carbonyl (C=O) groups excluding carboxylic acids is 1. The highest BCUT2D eigenvalue weighted by Gasteiger charge is 2.11. The van der Waals surface area contributed by atoms with Gasteiger partial charge >= 0.3 is 5.97 Å². The van der Waals surface area contributed by atoms with Crippen LogP contribution in [-0.4, -0.2) is 43.3 Å². The minimum atomic E-state index is -1.13. The van der Waals surface area contributed by atoms with E-state index in [-0.39, 0.29) is 5.57 Å². The van der Waals surface area contributed by atoms with E-state index < -0.39 is 11.9 Å². The number of carboxylic acid groups (broad SMARTS) is 1. The van der Waals surface area contributed by atoms with Gasteiger partial charge in [-0.1, -0.05) is 0 Å². The number of morpholine rings is 1. The highest BCUT2D eigenvalue weighted by Crippen LogP contribution is 2.19. The monoisotopic (exact) mass is 290 g/mol. The quantitative estimate of drug-likeness (QED) is 0.821. The molecule has 0 atom stereocenters. The van der Waals surface area contributed by atoms with Gasteiger partial charge in [-0.2, -0.15) is 0 Å². The molecule has 0 radical (unpaired) electrons. The van der Waals surface area contributed by atoms with Gasteiger partial charge in [0.15, 0.2) is 0 Å². The molecule has 0 saturated carbocycles. The maximum atomic E-state index is 11.8. The van der Waals surface area contributed by atoms with E-state index >= 15 is 0 Å². The molecule has 1 aromatic rings. The van der Waals surface area contributed by atoms with Gasteiger partial charge in [-0.05, 0) is 31.2 Å². The van der Waals surface area contributed by atoms with Crippen LogP contribution in [0.4, 0.5) is 11.4 Å². The third-order valence-electron chi connectivity index (χ3n) is 3.20. The summed E-state index contributed by atoms with van der Waals surface area (Å²) in [5, 5.41) is 11.3. The second-order valence-corrected chi connectivity index (χ2v) is 4.77. The average molecular weight is 290 g/mol. The van der Waals surface area contributed by atoms with Gasteiger partial charge in [-0.15, -0.1) is 0 Å². The summed E-state index contributed by atoms with van der Waals surface area (Å²) in [7, 11) is 0. The van der Waals surface area contributed by atoms with Crippen LogP contribution in [0.2, 0.25) is 0 Å². The van der Waals surface area contributed by atoms with E-state index in [1.54, 1.807) is 12.1 Å². The highest BCUT2D eigenvalue weighted by molar-refractivity contribution is 6.06. The van der Waals surface area contributed by atoms with Gasteiger partial charge in [0, 0.05) is 36.1 Å². The van der Waals surface area contributed by atoms with Crippen molar-refractivity contribution in [2.75, 3.05) is 36.5 Å². The maximum Gasteiger partial charge on any atom is 0.328 e. The van der Waals surface area contributed by atoms with Crippen molar-refractivity contribution in [3.63, 3.8) is 0 Å². The van der Waals surface area contributed by atoms with E-state index in [1.165, 1.54) is 6.92 Å². The van der Waals surface area contributed by atoms with Gasteiger partial charge in [0.2, 0.25) is 0 Å². The number of nitrogens with zero attached hydrogens (tertiary/aromatic N) is 1. The molecule has 1 aromatic carbocycles. The Morgan fingerprint density at radius 3 is 2.43 bits per heavy atom. The van der Waals surface area contributed by atoms with Crippen LogP contribution in [0.25, 0.3) is 0 Å². The minimum Gasteiger partial charge on any atom is -0.478 e. The number of amides is 1. The predicted molar refractivity (Wildman–Crippen MR) is 79.5 cm³/mol. The molecule has 1 heterocycles. The Hall–Kier alpha value is -2.34. The molecule has 112 valence electrons. The molecule has 2 rings (SSSR count). The van der Waals surface area contributed by atoms with Crippen molar-refractivity contribution >= 4 is 23.3 Å². The maximum absolute atomic E-state index is 11.8. The fraction of sp³-hybridized carbons (Fsp3) is 0.333. The Morgan fingerprint density at radius 2 is 1.86 bits per heavy atom. The molecule has 1 fully saturated rings. The Balaban J connectivity index is 1.99. The van der Waals surface area contributed by atoms with Crippen LogP contribution in [0.15, 0.2) is 35.9 Å². The number of ether oxygens (including phenoxy) is 1. The summed E-state index contributed by atoms with van der Waals surface area (Å²) >= 11 is 0. The first kappa shape index (κ1) is 15.1. The third kappa shape index (κ3) is 4.32. The first-order valence-corrected chi connectivity index (χ1v) is 6.71. The summed E-state index contributed by atoms with van der Waals surface area (Å²) in [6.07, 6.45) is 0.886. The number of hydrogen-bond acceptors (Lipinski definition) is 4. The van der Waals surface area contributed by atoms with Gasteiger partial charge in [-0.3, -0.25) is 4.79 Å². The summed E-state index contributed by atoms with van der Waals surface area (Å²) < 4.78 is 5.30. The van der Waals surface area contributed by atoms with Gasteiger partial charge in [0.1, 0.15) is 0 Å². The lowest BCUT2D eigenvalue weighted by Gasteiger charge is -2.28. The molecule has 0 unspecified atom stereocenters. The average Bonchev–Trinajstić information content (AvgIpc) is 2.48. The lowest BCUT2D eigenvalue weighted by molar-refractivity contribution is -0.131. The molecule has 0 aromatic heterocycles. The summed E-state index contributed by atoms with van der Waals surface area (Å²) in [5.74, 6) is -1.55. The topological polar surface area (TPSA) is 78.9 Å². The third-order valence-corrected chi connectivity index (χ3v) is 3.20. The molecule has 1 aliphatic heterocycles. The summed E-state index contributed by atoms with van der Waals surface area (Å²) in [6.45, 7) is 4.61. The molecule has 1 aliphatic rings. The van der Waals surface area contributed by atoms with Crippen molar-refractivity contribution in [1.82, 2.24) is 0 Å². The zero-order valence-corrected chi connectivity index (χ0v) is 11.8. The molecule has 2 N–H and O–H groups in total. The molecule has 1 amide bonds. The van der Waals surface area contributed by atoms with E-state index in [1.807, 2.05) is 12.1 Å². The van der Waals surface area contributed by atoms with Crippen molar-refractivity contribution in [3.05, 3.63) is 35.9 Å². The van der Waals surface area contributed by atoms with E-state index in [4.69, 9.17) is 9.84 Å². The van der Waals surface area contributed by atoms with Crippen molar-refractivity contribution in [2.24, 2.45) is 0 Å². The number of hydrogen-bond donors (Lipinski definition) is 2. The fourth-order valence-corrected chi connectivity index (χ4v) is 2.06. The van der Waals surface area contributed by atoms with Crippen LogP contribution < -0.4 is 10.2 Å². The standard InChI is InChI=1S/C15H18N2O4/c1-11(10-14(18)19)15(20)16-12-2-4-13(5-3-12)17-6-8-21-9-7-17/h2-5,10H,6-9H2,1H3,(H,16,20)(H,18,19). The molecular weight excluding hydrogens is 272 g/mol. The first-order valence-electron chi connectivity index (χ1n) is 6.71. The number of carbonyl (C=O) groups is 2. The number of nitrogens with one attached hydrogen (secondary N) is 1. The molecule has 6 nitrogen and oxygen atoms in total. The SMILES string of the molecule is CC(=CC(=O)O)C(=O)Nc1ccc(N2CCOCC2)cc1. The number of carboxylic acids is 1. The van der Waals surface area contributed by atoms with E-state index in [0.717, 1.165) is 38.1 Å². The zero-order valence-electron chi connectivity index (χ0n) is 11.8. The summed E-state index contributed by atoms with van der Waals surface area (Å²) in [4.78, 5) is 24.5. The Morgan fingerprint density at radius 1 is 1.24 bits per heavy atom. The smallest absolute Gasteiger partial charge is 0.328 e. The molecule has 21 heavy (non-hydrogen) atoms. The second kappa shape index (κ2) is 6.90. The number of anilines is 2. The van der Waals surface area contributed by atoms with Crippen LogP contribution >= 0.6 is 0 Å². The van der Waals surface area contributed by atoms with Gasteiger partial charge < -0.3 is 20.1 Å². The van der Waals surface area contributed by atoms with Crippen LogP contribution in [0.3, 0.4) is 0 Å². The summed E-state index contributed by atoms with van der Waals surface area (Å²) in [6, 6.07) is 7.46. The normalized spacial score (nSPS) is 15.7. The lowest BCUT2D eigenvalue weighted by Crippen LogP contribution is -2.36. The van der Waals surface area contributed by atoms with Crippen LogP contribution in [0, 0.1) is 0 Å². The van der Waals surface area contributed by atoms with Crippen molar-refractivity contribution in [3.8, 4) is 0 Å². The van der Waals surface area contributed by atoms with Crippen LogP contribution in [-0.2, 0) is 14.3 Å². The Labute approximate surface area is 123 Å².